The van der Waals surface area contributed by atoms with E-state index in [4.69, 9.17) is 9.84 Å². The lowest BCUT2D eigenvalue weighted by Crippen LogP contribution is -2.34. The van der Waals surface area contributed by atoms with Crippen LogP contribution in [0.15, 0.2) is 24.3 Å². The minimum atomic E-state index is -0.706. The summed E-state index contributed by atoms with van der Waals surface area (Å²) in [7, 11) is 0. The molecule has 1 aromatic rings. The number of hydrogen-bond donors (Lipinski definition) is 2. The third-order valence-corrected chi connectivity index (χ3v) is 2.15. The molecule has 2 N–H and O–H groups in total. The zero-order valence-corrected chi connectivity index (χ0v) is 9.56. The van der Waals surface area contributed by atoms with Crippen molar-refractivity contribution in [1.82, 2.24) is 0 Å². The highest BCUT2D eigenvalue weighted by atomic mass is 16.5. The molecule has 0 spiro atoms. The molecule has 0 saturated carbocycles. The molecule has 0 aliphatic rings. The van der Waals surface area contributed by atoms with Crippen molar-refractivity contribution in [2.24, 2.45) is 0 Å². The Labute approximate surface area is 95.2 Å². The Morgan fingerprint density at radius 1 is 1.44 bits per heavy atom. The number of nitrogens with one attached hydrogen (secondary N) is 1. The molecule has 0 heterocycles. The molecule has 0 aliphatic carbocycles. The van der Waals surface area contributed by atoms with Crippen molar-refractivity contribution < 1.29 is 14.6 Å². The maximum Gasteiger partial charge on any atom is 0.330 e. The van der Waals surface area contributed by atoms with Gasteiger partial charge in [-0.1, -0.05) is 17.7 Å². The van der Waals surface area contributed by atoms with E-state index in [9.17, 15) is 4.79 Å². The van der Waals surface area contributed by atoms with Gasteiger partial charge < -0.3 is 15.2 Å². The third-order valence-electron chi connectivity index (χ3n) is 2.15. The van der Waals surface area contributed by atoms with Gasteiger partial charge >= 0.3 is 5.97 Å². The summed E-state index contributed by atoms with van der Waals surface area (Å²) < 4.78 is 4.83. The van der Waals surface area contributed by atoms with Gasteiger partial charge in [0.1, 0.15) is 6.04 Å². The lowest BCUT2D eigenvalue weighted by molar-refractivity contribution is -0.144. The van der Waals surface area contributed by atoms with E-state index in [0.29, 0.717) is 6.61 Å². The maximum absolute atomic E-state index is 11.4. The summed E-state index contributed by atoms with van der Waals surface area (Å²) in [4.78, 5) is 11.4. The predicted octanol–water partition coefficient (Wildman–Crippen LogP) is 1.33. The number of benzene rings is 1. The van der Waals surface area contributed by atoms with E-state index in [2.05, 4.69) is 5.32 Å². The van der Waals surface area contributed by atoms with E-state index in [1.807, 2.05) is 31.2 Å². The van der Waals surface area contributed by atoms with Crippen LogP contribution in [-0.2, 0) is 9.53 Å². The zero-order chi connectivity index (χ0) is 12.0. The van der Waals surface area contributed by atoms with Gasteiger partial charge in [-0.3, -0.25) is 0 Å². The van der Waals surface area contributed by atoms with Crippen LogP contribution in [0.5, 0.6) is 0 Å². The van der Waals surface area contributed by atoms with Crippen molar-refractivity contribution in [1.29, 1.82) is 0 Å². The van der Waals surface area contributed by atoms with Crippen LogP contribution in [0.1, 0.15) is 12.5 Å². The molecule has 0 saturated heterocycles. The first-order valence-corrected chi connectivity index (χ1v) is 5.28. The second-order valence-corrected chi connectivity index (χ2v) is 3.50. The average Bonchev–Trinajstić information content (AvgIpc) is 2.28. The predicted molar refractivity (Wildman–Crippen MR) is 62.3 cm³/mol. The lowest BCUT2D eigenvalue weighted by Gasteiger charge is -2.15. The zero-order valence-electron chi connectivity index (χ0n) is 9.56. The Kier molecular flexibility index (Phi) is 4.79. The molecule has 0 aromatic heterocycles. The first kappa shape index (κ1) is 12.5. The van der Waals surface area contributed by atoms with E-state index in [1.54, 1.807) is 6.92 Å². The summed E-state index contributed by atoms with van der Waals surface area (Å²) in [6, 6.07) is 6.88. The maximum atomic E-state index is 11.4. The van der Waals surface area contributed by atoms with Crippen LogP contribution in [0.25, 0.3) is 0 Å². The van der Waals surface area contributed by atoms with Gasteiger partial charge in [0.2, 0.25) is 0 Å². The molecule has 1 rings (SSSR count). The van der Waals surface area contributed by atoms with Gasteiger partial charge in [-0.15, -0.1) is 0 Å². The monoisotopic (exact) mass is 223 g/mol. The van der Waals surface area contributed by atoms with Gasteiger partial charge in [-0.25, -0.2) is 4.79 Å². The minimum Gasteiger partial charge on any atom is -0.464 e. The quantitative estimate of drug-likeness (QED) is 0.739. The molecule has 1 atom stereocenters. The highest BCUT2D eigenvalue weighted by molar-refractivity contribution is 5.79. The molecule has 88 valence electrons. The molecule has 0 amide bonds. The number of aryl methyl sites for hydroxylation is 1. The van der Waals surface area contributed by atoms with Gasteiger partial charge in [-0.2, -0.15) is 0 Å². The summed E-state index contributed by atoms with van der Waals surface area (Å²) in [6.45, 7) is 3.74. The number of anilines is 1. The number of aliphatic hydroxyl groups excluding tert-OH is 1. The van der Waals surface area contributed by atoms with E-state index < -0.39 is 12.0 Å². The molecule has 4 heteroatoms. The SMILES string of the molecule is CCOC(=O)C(CO)Nc1ccc(C)cc1. The number of aliphatic hydroxyl groups is 1. The van der Waals surface area contributed by atoms with Gasteiger partial charge in [0.05, 0.1) is 13.2 Å². The van der Waals surface area contributed by atoms with Gasteiger partial charge in [0.15, 0.2) is 0 Å². The highest BCUT2D eigenvalue weighted by Gasteiger charge is 2.17. The van der Waals surface area contributed by atoms with Crippen molar-refractivity contribution >= 4 is 11.7 Å². The van der Waals surface area contributed by atoms with E-state index in [1.165, 1.54) is 0 Å². The normalized spacial score (nSPS) is 11.9. The molecular weight excluding hydrogens is 206 g/mol. The highest BCUT2D eigenvalue weighted by Crippen LogP contribution is 2.10. The Bertz CT molecular complexity index is 335. The van der Waals surface area contributed by atoms with E-state index in [-0.39, 0.29) is 6.61 Å². The Morgan fingerprint density at radius 3 is 2.56 bits per heavy atom. The standard InChI is InChI=1S/C12H17NO3/c1-3-16-12(15)11(8-14)13-10-6-4-9(2)5-7-10/h4-7,11,13-14H,3,8H2,1-2H3. The third kappa shape index (κ3) is 3.55. The van der Waals surface area contributed by atoms with Crippen LogP contribution in [-0.4, -0.2) is 30.3 Å². The van der Waals surface area contributed by atoms with Crippen LogP contribution in [0.4, 0.5) is 5.69 Å². The Hall–Kier alpha value is -1.55. The van der Waals surface area contributed by atoms with Crippen LogP contribution in [0.3, 0.4) is 0 Å². The van der Waals surface area contributed by atoms with Gasteiger partial charge in [0, 0.05) is 5.69 Å². The first-order valence-electron chi connectivity index (χ1n) is 5.28. The first-order chi connectivity index (χ1) is 7.67. The van der Waals surface area contributed by atoms with Crippen LogP contribution in [0.2, 0.25) is 0 Å². The van der Waals surface area contributed by atoms with Crippen LogP contribution >= 0.6 is 0 Å². The fourth-order valence-corrected chi connectivity index (χ4v) is 1.27. The van der Waals surface area contributed by atoms with Crippen molar-refractivity contribution in [2.45, 2.75) is 19.9 Å². The summed E-state index contributed by atoms with van der Waals surface area (Å²) in [5.41, 5.74) is 1.93. The molecule has 16 heavy (non-hydrogen) atoms. The second-order valence-electron chi connectivity index (χ2n) is 3.50. The van der Waals surface area contributed by atoms with Crippen LogP contribution < -0.4 is 5.32 Å². The number of esters is 1. The summed E-state index contributed by atoms with van der Waals surface area (Å²) in [6.07, 6.45) is 0. The fraction of sp³-hybridized carbons (Fsp3) is 0.417. The van der Waals surface area contributed by atoms with Crippen molar-refractivity contribution in [3.8, 4) is 0 Å². The van der Waals surface area contributed by atoms with E-state index >= 15 is 0 Å². The molecular formula is C12H17NO3. The molecule has 4 nitrogen and oxygen atoms in total. The summed E-state index contributed by atoms with van der Waals surface area (Å²) in [5, 5.41) is 12.0. The number of hydrogen-bond acceptors (Lipinski definition) is 4. The molecule has 1 aromatic carbocycles. The van der Waals surface area contributed by atoms with Crippen molar-refractivity contribution in [3.05, 3.63) is 29.8 Å². The lowest BCUT2D eigenvalue weighted by atomic mass is 10.2. The van der Waals surface area contributed by atoms with Crippen LogP contribution in [0, 0.1) is 6.92 Å². The van der Waals surface area contributed by atoms with Gasteiger partial charge in [0.25, 0.3) is 0 Å². The number of rotatable bonds is 5. The second kappa shape index (κ2) is 6.12. The Morgan fingerprint density at radius 2 is 2.06 bits per heavy atom. The van der Waals surface area contributed by atoms with Crippen molar-refractivity contribution in [3.63, 3.8) is 0 Å². The number of ether oxygens (including phenoxy) is 1. The molecule has 0 radical (unpaired) electrons. The van der Waals surface area contributed by atoms with Crippen molar-refractivity contribution in [2.75, 3.05) is 18.5 Å². The summed E-state index contributed by atoms with van der Waals surface area (Å²) in [5.74, 6) is -0.439. The average molecular weight is 223 g/mol. The molecule has 1 unspecified atom stereocenters. The largest absolute Gasteiger partial charge is 0.464 e. The fourth-order valence-electron chi connectivity index (χ4n) is 1.27. The van der Waals surface area contributed by atoms with E-state index in [0.717, 1.165) is 11.3 Å². The molecule has 0 bridgehead atoms. The number of carbonyl (C=O) groups is 1. The Balaban J connectivity index is 2.62. The summed E-state index contributed by atoms with van der Waals surface area (Å²) >= 11 is 0. The number of carbonyl (C=O) groups excluding carboxylic acids is 1. The molecule has 0 fully saturated rings. The smallest absolute Gasteiger partial charge is 0.330 e. The van der Waals surface area contributed by atoms with Gasteiger partial charge in [-0.05, 0) is 26.0 Å². The minimum absolute atomic E-state index is 0.285. The topological polar surface area (TPSA) is 58.6 Å². The molecule has 0 aliphatic heterocycles.